The van der Waals surface area contributed by atoms with Crippen LogP contribution in [0.3, 0.4) is 0 Å². The summed E-state index contributed by atoms with van der Waals surface area (Å²) in [5, 5.41) is 0. The van der Waals surface area contributed by atoms with E-state index in [0.29, 0.717) is 6.42 Å². The van der Waals surface area contributed by atoms with Crippen LogP contribution in [0.2, 0.25) is 0 Å². The van der Waals surface area contributed by atoms with Gasteiger partial charge in [-0.1, -0.05) is 12.1 Å². The van der Waals surface area contributed by atoms with E-state index in [0.717, 1.165) is 10.4 Å². The molecule has 0 radical (unpaired) electrons. The van der Waals surface area contributed by atoms with Crippen molar-refractivity contribution < 1.29 is 21.9 Å². The predicted molar refractivity (Wildman–Crippen MR) is 81.0 cm³/mol. The highest BCUT2D eigenvalue weighted by Crippen LogP contribution is 2.20. The van der Waals surface area contributed by atoms with Gasteiger partial charge in [-0.2, -0.15) is 8.78 Å². The maximum absolute atomic E-state index is 12.0. The average molecular weight is 347 g/mol. The number of halogens is 2. The Labute approximate surface area is 131 Å². The average Bonchev–Trinajstić information content (AvgIpc) is 2.87. The summed E-state index contributed by atoms with van der Waals surface area (Å²) in [4.78, 5) is 0.926. The number of aryl methyl sites for hydroxylation is 1. The van der Waals surface area contributed by atoms with Crippen LogP contribution in [0.4, 0.5) is 8.78 Å². The van der Waals surface area contributed by atoms with E-state index >= 15 is 0 Å². The van der Waals surface area contributed by atoms with Crippen molar-refractivity contribution in [2.75, 3.05) is 6.54 Å². The Morgan fingerprint density at radius 1 is 1.18 bits per heavy atom. The van der Waals surface area contributed by atoms with Crippen molar-refractivity contribution in [1.29, 1.82) is 0 Å². The third kappa shape index (κ3) is 4.75. The normalized spacial score (nSPS) is 11.8. The molecule has 0 saturated heterocycles. The fraction of sp³-hybridized carbons (Fsp3) is 0.286. The lowest BCUT2D eigenvalue weighted by Crippen LogP contribution is -2.25. The zero-order chi connectivity index (χ0) is 16.2. The number of hydrogen-bond donors (Lipinski definition) is 1. The zero-order valence-corrected chi connectivity index (χ0v) is 13.4. The van der Waals surface area contributed by atoms with Gasteiger partial charge in [-0.3, -0.25) is 0 Å². The summed E-state index contributed by atoms with van der Waals surface area (Å²) in [6.45, 7) is -0.784. The Morgan fingerprint density at radius 2 is 1.86 bits per heavy atom. The first-order valence-corrected chi connectivity index (χ1v) is 8.76. The van der Waals surface area contributed by atoms with Crippen molar-refractivity contribution >= 4 is 21.4 Å². The van der Waals surface area contributed by atoms with Gasteiger partial charge >= 0.3 is 6.61 Å². The number of alkyl halides is 2. The van der Waals surface area contributed by atoms with Crippen molar-refractivity contribution in [3.63, 3.8) is 0 Å². The van der Waals surface area contributed by atoms with Crippen LogP contribution in [0.1, 0.15) is 10.4 Å². The van der Waals surface area contributed by atoms with Crippen molar-refractivity contribution in [3.8, 4) is 5.75 Å². The van der Waals surface area contributed by atoms with E-state index < -0.39 is 16.6 Å². The van der Waals surface area contributed by atoms with E-state index in [1.165, 1.54) is 23.5 Å². The molecule has 1 aromatic heterocycles. The molecule has 0 atom stereocenters. The van der Waals surface area contributed by atoms with Crippen molar-refractivity contribution in [3.05, 3.63) is 46.8 Å². The quantitative estimate of drug-likeness (QED) is 0.837. The number of sulfonamides is 1. The summed E-state index contributed by atoms with van der Waals surface area (Å²) < 4.78 is 55.1. The van der Waals surface area contributed by atoms with E-state index in [1.807, 2.05) is 6.92 Å². The van der Waals surface area contributed by atoms with Gasteiger partial charge in [0.05, 0.1) is 0 Å². The van der Waals surface area contributed by atoms with Crippen LogP contribution in [-0.2, 0) is 16.4 Å². The van der Waals surface area contributed by atoms with Gasteiger partial charge in [0.1, 0.15) is 9.96 Å². The Hall–Kier alpha value is -1.51. The molecule has 0 aliphatic rings. The molecule has 0 amide bonds. The molecule has 0 unspecified atom stereocenters. The van der Waals surface area contributed by atoms with Crippen LogP contribution in [0.15, 0.2) is 40.6 Å². The minimum atomic E-state index is -3.49. The smallest absolute Gasteiger partial charge is 0.387 e. The first kappa shape index (κ1) is 16.9. The van der Waals surface area contributed by atoms with Gasteiger partial charge in [0, 0.05) is 11.4 Å². The van der Waals surface area contributed by atoms with Crippen LogP contribution in [0, 0.1) is 6.92 Å². The molecule has 1 aromatic carbocycles. The Kier molecular flexibility index (Phi) is 5.49. The van der Waals surface area contributed by atoms with Crippen molar-refractivity contribution in [1.82, 2.24) is 4.72 Å². The zero-order valence-electron chi connectivity index (χ0n) is 11.8. The molecule has 1 heterocycles. The minimum Gasteiger partial charge on any atom is -0.435 e. The predicted octanol–water partition coefficient (Wildman–Crippen LogP) is 3.18. The van der Waals surface area contributed by atoms with E-state index in [2.05, 4.69) is 9.46 Å². The molecule has 0 saturated carbocycles. The van der Waals surface area contributed by atoms with Gasteiger partial charge in [0.25, 0.3) is 0 Å². The van der Waals surface area contributed by atoms with Gasteiger partial charge in [0.15, 0.2) is 0 Å². The third-order valence-corrected chi connectivity index (χ3v) is 5.79. The molecule has 4 nitrogen and oxygen atoms in total. The number of benzene rings is 1. The van der Waals surface area contributed by atoms with Crippen molar-refractivity contribution in [2.45, 2.75) is 24.2 Å². The molecular formula is C14H15F2NO3S2. The summed E-state index contributed by atoms with van der Waals surface area (Å²) in [5.41, 5.74) is 0.826. The summed E-state index contributed by atoms with van der Waals surface area (Å²) in [6, 6.07) is 9.43. The number of ether oxygens (including phenoxy) is 1. The molecule has 2 aromatic rings. The molecule has 0 aliphatic carbocycles. The van der Waals surface area contributed by atoms with Crippen LogP contribution in [-0.4, -0.2) is 21.6 Å². The Balaban J connectivity index is 1.88. The Morgan fingerprint density at radius 3 is 2.41 bits per heavy atom. The number of nitrogens with one attached hydrogen (secondary N) is 1. The summed E-state index contributed by atoms with van der Waals surface area (Å²) in [7, 11) is -3.49. The summed E-state index contributed by atoms with van der Waals surface area (Å²) in [6.07, 6.45) is 0.457. The topological polar surface area (TPSA) is 55.4 Å². The lowest BCUT2D eigenvalue weighted by molar-refractivity contribution is -0.0498. The molecule has 1 N–H and O–H groups in total. The number of thiophene rings is 1. The molecule has 22 heavy (non-hydrogen) atoms. The summed E-state index contributed by atoms with van der Waals surface area (Å²) >= 11 is 1.21. The molecule has 120 valence electrons. The monoisotopic (exact) mass is 347 g/mol. The van der Waals surface area contributed by atoms with E-state index in [9.17, 15) is 17.2 Å². The van der Waals surface area contributed by atoms with E-state index in [1.54, 1.807) is 24.3 Å². The second-order valence-corrected chi connectivity index (χ2v) is 7.82. The van der Waals surface area contributed by atoms with Gasteiger partial charge < -0.3 is 4.74 Å². The van der Waals surface area contributed by atoms with Gasteiger partial charge in [-0.15, -0.1) is 11.3 Å². The highest BCUT2D eigenvalue weighted by Gasteiger charge is 2.15. The van der Waals surface area contributed by atoms with Crippen LogP contribution < -0.4 is 9.46 Å². The highest BCUT2D eigenvalue weighted by atomic mass is 32.2. The van der Waals surface area contributed by atoms with Gasteiger partial charge in [0.2, 0.25) is 10.0 Å². The van der Waals surface area contributed by atoms with Crippen LogP contribution in [0.5, 0.6) is 5.75 Å². The first-order valence-electron chi connectivity index (χ1n) is 6.47. The molecule has 0 aliphatic heterocycles. The maximum Gasteiger partial charge on any atom is 0.387 e. The lowest BCUT2D eigenvalue weighted by Gasteiger charge is -2.07. The largest absolute Gasteiger partial charge is 0.435 e. The summed E-state index contributed by atoms with van der Waals surface area (Å²) in [5.74, 6) is 0.0772. The molecular weight excluding hydrogens is 332 g/mol. The molecule has 2 rings (SSSR count). The first-order chi connectivity index (χ1) is 10.4. The van der Waals surface area contributed by atoms with E-state index in [4.69, 9.17) is 0 Å². The maximum atomic E-state index is 12.0. The molecule has 0 fully saturated rings. The SMILES string of the molecule is Cc1ccc(S(=O)(=O)NCCc2ccc(OC(F)F)cc2)s1. The number of hydrogen-bond acceptors (Lipinski definition) is 4. The van der Waals surface area contributed by atoms with Gasteiger partial charge in [-0.05, 0) is 43.2 Å². The fourth-order valence-corrected chi connectivity index (χ4v) is 4.15. The second-order valence-electron chi connectivity index (χ2n) is 4.54. The van der Waals surface area contributed by atoms with Crippen molar-refractivity contribution in [2.24, 2.45) is 0 Å². The standard InChI is InChI=1S/C14H15F2NO3S2/c1-10-2-7-13(21-10)22(18,19)17-9-8-11-3-5-12(6-4-11)20-14(15)16/h2-7,14,17H,8-9H2,1H3. The van der Waals surface area contributed by atoms with Gasteiger partial charge in [-0.25, -0.2) is 13.1 Å². The second kappa shape index (κ2) is 7.17. The molecule has 0 bridgehead atoms. The minimum absolute atomic E-state index is 0.0772. The molecule has 8 heteroatoms. The number of rotatable bonds is 7. The highest BCUT2D eigenvalue weighted by molar-refractivity contribution is 7.91. The Bertz CT molecular complexity index is 712. The lowest BCUT2D eigenvalue weighted by atomic mass is 10.1. The third-order valence-electron chi connectivity index (χ3n) is 2.83. The van der Waals surface area contributed by atoms with Crippen LogP contribution in [0.25, 0.3) is 0 Å². The van der Waals surface area contributed by atoms with E-state index in [-0.39, 0.29) is 16.5 Å². The molecule has 0 spiro atoms. The van der Waals surface area contributed by atoms with Crippen LogP contribution >= 0.6 is 11.3 Å². The fourth-order valence-electron chi connectivity index (χ4n) is 1.79.